The molecule has 8 heteroatoms. The van der Waals surface area contributed by atoms with Crippen LogP contribution in [0, 0.1) is 5.41 Å². The van der Waals surface area contributed by atoms with Crippen LogP contribution in [0.5, 0.6) is 0 Å². The quantitative estimate of drug-likeness (QED) is 0.640. The summed E-state index contributed by atoms with van der Waals surface area (Å²) < 4.78 is 0. The van der Waals surface area contributed by atoms with Gasteiger partial charge in [-0.25, -0.2) is 0 Å². The highest BCUT2D eigenvalue weighted by molar-refractivity contribution is 6.24. The maximum atomic E-state index is 13.1. The number of hydrogen-bond acceptors (Lipinski definition) is 6. The number of nitrogens with one attached hydrogen (secondary N) is 3. The summed E-state index contributed by atoms with van der Waals surface area (Å²) in [5.74, 6) is -1.90. The molecule has 2 atom stereocenters. The van der Waals surface area contributed by atoms with Gasteiger partial charge >= 0.3 is 0 Å². The Morgan fingerprint density at radius 1 is 1.17 bits per heavy atom. The number of fused-ring (bicyclic) bond motifs is 1. The fraction of sp³-hybridized carbons (Fsp3) is 0.524. The average Bonchev–Trinajstić information content (AvgIpc) is 2.92. The first kappa shape index (κ1) is 19.7. The molecule has 3 N–H and O–H groups in total. The Kier molecular flexibility index (Phi) is 5.00. The van der Waals surface area contributed by atoms with Crippen molar-refractivity contribution in [3.63, 3.8) is 0 Å². The van der Waals surface area contributed by atoms with Gasteiger partial charge < -0.3 is 10.6 Å². The van der Waals surface area contributed by atoms with Gasteiger partial charge in [-0.15, -0.1) is 0 Å². The molecule has 3 heterocycles. The summed E-state index contributed by atoms with van der Waals surface area (Å²) in [5, 5.41) is 9.15. The van der Waals surface area contributed by atoms with E-state index >= 15 is 0 Å². The molecule has 2 fully saturated rings. The highest BCUT2D eigenvalue weighted by Gasteiger charge is 2.45. The fourth-order valence-electron chi connectivity index (χ4n) is 4.42. The van der Waals surface area contributed by atoms with E-state index in [0.717, 1.165) is 30.0 Å². The van der Waals surface area contributed by atoms with Gasteiger partial charge in [0.2, 0.25) is 11.8 Å². The molecule has 8 nitrogen and oxygen atoms in total. The summed E-state index contributed by atoms with van der Waals surface area (Å²) in [6.07, 6.45) is 1.33. The lowest BCUT2D eigenvalue weighted by molar-refractivity contribution is -0.136. The van der Waals surface area contributed by atoms with Gasteiger partial charge in [-0.2, -0.15) is 0 Å². The molecule has 0 aliphatic carbocycles. The van der Waals surface area contributed by atoms with E-state index in [1.165, 1.54) is 0 Å². The second-order valence-electron chi connectivity index (χ2n) is 8.66. The standard InChI is InChI=1S/C21H26N4O4/c1-21(2)8-9-22-11-15(21)23-10-12-4-3-5-13-17(12)20(29)25(19(13)28)14-6-7-16(26)24-18(14)27/h3-5,14-15,22-23H,6-11H2,1-2H3,(H,24,26,27). The maximum Gasteiger partial charge on any atom is 0.262 e. The number of benzene rings is 1. The third-order valence-electron chi connectivity index (χ3n) is 6.33. The molecule has 3 aliphatic rings. The predicted octanol–water partition coefficient (Wildman–Crippen LogP) is 0.566. The van der Waals surface area contributed by atoms with Gasteiger partial charge in [0.05, 0.1) is 11.1 Å². The number of hydrogen-bond donors (Lipinski definition) is 3. The molecule has 0 radical (unpaired) electrons. The minimum Gasteiger partial charge on any atom is -0.315 e. The molecule has 0 bridgehead atoms. The van der Waals surface area contributed by atoms with Gasteiger partial charge in [-0.3, -0.25) is 29.4 Å². The van der Waals surface area contributed by atoms with Crippen molar-refractivity contribution in [1.82, 2.24) is 20.9 Å². The number of amides is 4. The minimum atomic E-state index is -0.942. The third kappa shape index (κ3) is 3.47. The molecule has 2 saturated heterocycles. The first-order valence-electron chi connectivity index (χ1n) is 10.1. The van der Waals surface area contributed by atoms with E-state index in [2.05, 4.69) is 29.8 Å². The number of carbonyl (C=O) groups excluding carboxylic acids is 4. The SMILES string of the molecule is CC1(C)CCNCC1NCc1cccc2c1C(=O)N(C1CCC(=O)NC1=O)C2=O. The summed E-state index contributed by atoms with van der Waals surface area (Å²) >= 11 is 0. The summed E-state index contributed by atoms with van der Waals surface area (Å²) in [4.78, 5) is 50.7. The van der Waals surface area contributed by atoms with E-state index in [-0.39, 0.29) is 30.2 Å². The van der Waals surface area contributed by atoms with Gasteiger partial charge in [0, 0.05) is 25.6 Å². The number of rotatable bonds is 4. The van der Waals surface area contributed by atoms with Crippen molar-refractivity contribution >= 4 is 23.6 Å². The van der Waals surface area contributed by atoms with Gasteiger partial charge in [-0.1, -0.05) is 26.0 Å². The summed E-state index contributed by atoms with van der Waals surface area (Å²) in [6.45, 7) is 6.74. The first-order chi connectivity index (χ1) is 13.8. The average molecular weight is 398 g/mol. The lowest BCUT2D eigenvalue weighted by atomic mass is 9.78. The van der Waals surface area contributed by atoms with Crippen LogP contribution >= 0.6 is 0 Å². The van der Waals surface area contributed by atoms with Crippen LogP contribution in [-0.4, -0.2) is 53.7 Å². The van der Waals surface area contributed by atoms with Crippen LogP contribution in [0.3, 0.4) is 0 Å². The Morgan fingerprint density at radius 3 is 2.69 bits per heavy atom. The number of piperidine rings is 2. The maximum absolute atomic E-state index is 13.1. The van der Waals surface area contributed by atoms with Crippen LogP contribution in [-0.2, 0) is 16.1 Å². The zero-order chi connectivity index (χ0) is 20.8. The molecule has 3 aliphatic heterocycles. The molecule has 4 amide bonds. The van der Waals surface area contributed by atoms with Gasteiger partial charge in [-0.05, 0) is 36.4 Å². The van der Waals surface area contributed by atoms with Crippen molar-refractivity contribution in [2.75, 3.05) is 13.1 Å². The van der Waals surface area contributed by atoms with E-state index in [9.17, 15) is 19.2 Å². The molecule has 2 unspecified atom stereocenters. The highest BCUT2D eigenvalue weighted by Crippen LogP contribution is 2.31. The van der Waals surface area contributed by atoms with E-state index in [1.54, 1.807) is 12.1 Å². The number of nitrogens with zero attached hydrogens (tertiary/aromatic N) is 1. The van der Waals surface area contributed by atoms with Crippen LogP contribution < -0.4 is 16.0 Å². The van der Waals surface area contributed by atoms with E-state index in [1.807, 2.05) is 6.07 Å². The normalized spacial score (nSPS) is 26.5. The largest absolute Gasteiger partial charge is 0.315 e. The number of imide groups is 2. The van der Waals surface area contributed by atoms with Crippen molar-refractivity contribution < 1.29 is 19.2 Å². The Bertz CT molecular complexity index is 895. The second-order valence-corrected chi connectivity index (χ2v) is 8.66. The second kappa shape index (κ2) is 7.35. The summed E-state index contributed by atoms with van der Waals surface area (Å²) in [5.41, 5.74) is 1.55. The lowest BCUT2D eigenvalue weighted by Gasteiger charge is -2.39. The molecule has 154 valence electrons. The zero-order valence-corrected chi connectivity index (χ0v) is 16.7. The highest BCUT2D eigenvalue weighted by atomic mass is 16.2. The van der Waals surface area contributed by atoms with Crippen molar-refractivity contribution in [3.8, 4) is 0 Å². The third-order valence-corrected chi connectivity index (χ3v) is 6.33. The van der Waals surface area contributed by atoms with Crippen molar-refractivity contribution in [3.05, 3.63) is 34.9 Å². The molecule has 1 aromatic rings. The van der Waals surface area contributed by atoms with Crippen molar-refractivity contribution in [2.24, 2.45) is 5.41 Å². The topological polar surface area (TPSA) is 108 Å². The van der Waals surface area contributed by atoms with Crippen LogP contribution in [0.4, 0.5) is 0 Å². The Labute approximate surface area is 169 Å². The van der Waals surface area contributed by atoms with Crippen molar-refractivity contribution in [1.29, 1.82) is 0 Å². The van der Waals surface area contributed by atoms with Crippen molar-refractivity contribution in [2.45, 2.75) is 51.7 Å². The summed E-state index contributed by atoms with van der Waals surface area (Å²) in [7, 11) is 0. The summed E-state index contributed by atoms with van der Waals surface area (Å²) in [6, 6.07) is 4.53. The van der Waals surface area contributed by atoms with E-state index in [0.29, 0.717) is 17.7 Å². The van der Waals surface area contributed by atoms with Crippen LogP contribution in [0.25, 0.3) is 0 Å². The monoisotopic (exact) mass is 398 g/mol. The Morgan fingerprint density at radius 2 is 1.97 bits per heavy atom. The molecular weight excluding hydrogens is 372 g/mol. The van der Waals surface area contributed by atoms with Gasteiger partial charge in [0.15, 0.2) is 0 Å². The van der Waals surface area contributed by atoms with E-state index < -0.39 is 23.8 Å². The van der Waals surface area contributed by atoms with E-state index in [4.69, 9.17) is 0 Å². The molecule has 29 heavy (non-hydrogen) atoms. The smallest absolute Gasteiger partial charge is 0.262 e. The predicted molar refractivity (Wildman–Crippen MR) is 105 cm³/mol. The lowest BCUT2D eigenvalue weighted by Crippen LogP contribution is -2.54. The minimum absolute atomic E-state index is 0.113. The molecule has 0 spiro atoms. The molecule has 1 aromatic carbocycles. The molecule has 4 rings (SSSR count). The Hall–Kier alpha value is -2.58. The first-order valence-corrected chi connectivity index (χ1v) is 10.1. The molecule has 0 saturated carbocycles. The number of carbonyl (C=O) groups is 4. The Balaban J connectivity index is 1.56. The zero-order valence-electron chi connectivity index (χ0n) is 16.7. The molecular formula is C21H26N4O4. The van der Waals surface area contributed by atoms with Crippen LogP contribution in [0.1, 0.15) is 59.4 Å². The van der Waals surface area contributed by atoms with Gasteiger partial charge in [0.25, 0.3) is 11.8 Å². The van der Waals surface area contributed by atoms with Gasteiger partial charge in [0.1, 0.15) is 6.04 Å². The van der Waals surface area contributed by atoms with Crippen LogP contribution in [0.15, 0.2) is 18.2 Å². The van der Waals surface area contributed by atoms with Crippen LogP contribution in [0.2, 0.25) is 0 Å². The molecule has 0 aromatic heterocycles. The fourth-order valence-corrected chi connectivity index (χ4v) is 4.42.